The number of nitrogens with two attached hydrogens (primary N) is 2. The maximum atomic E-state index is 11.6. The molecule has 0 heterocycles. The van der Waals surface area contributed by atoms with Crippen molar-refractivity contribution in [2.45, 2.75) is 6.42 Å². The van der Waals surface area contributed by atoms with Crippen LogP contribution >= 0.6 is 44.1 Å². The van der Waals surface area contributed by atoms with Gasteiger partial charge in [-0.3, -0.25) is 4.79 Å². The van der Waals surface area contributed by atoms with Gasteiger partial charge in [-0.2, -0.15) is 0 Å². The highest BCUT2D eigenvalue weighted by Gasteiger charge is 2.12. The topological polar surface area (TPSA) is 72.3 Å². The van der Waals surface area contributed by atoms with Gasteiger partial charge in [-0.05, 0) is 36.0 Å². The number of rotatable bonds is 2. The van der Waals surface area contributed by atoms with Gasteiger partial charge in [-0.1, -0.05) is 31.9 Å². The minimum absolute atomic E-state index is 0.140. The summed E-state index contributed by atoms with van der Waals surface area (Å²) in [5, 5.41) is 0.628. The minimum atomic E-state index is -0.350. The Balaban J connectivity index is 2.81. The molecule has 1 rings (SSSR count). The quantitative estimate of drug-likeness (QED) is 0.361. The molecular formula is C9H9Br2N3OS. The molecule has 0 aliphatic heterocycles. The van der Waals surface area contributed by atoms with E-state index < -0.39 is 0 Å². The lowest BCUT2D eigenvalue weighted by atomic mass is 10.1. The lowest BCUT2D eigenvalue weighted by Crippen LogP contribution is -2.46. The number of benzene rings is 1. The summed E-state index contributed by atoms with van der Waals surface area (Å²) in [5.41, 5.74) is 6.06. The summed E-state index contributed by atoms with van der Waals surface area (Å²) < 4.78 is 1.76. The molecule has 0 saturated heterocycles. The summed E-state index contributed by atoms with van der Waals surface area (Å²) in [6, 6.07) is 5.54. The number of hydrogen-bond acceptors (Lipinski definition) is 3. The Kier molecular flexibility index (Phi) is 4.85. The molecule has 0 saturated carbocycles. The van der Waals surface area contributed by atoms with Crippen molar-refractivity contribution >= 4 is 55.1 Å². The Morgan fingerprint density at radius 1 is 1.31 bits per heavy atom. The first-order valence-corrected chi connectivity index (χ1v) is 6.21. The molecule has 0 aliphatic carbocycles. The highest BCUT2D eigenvalue weighted by Crippen LogP contribution is 2.20. The summed E-state index contributed by atoms with van der Waals surface area (Å²) in [4.78, 5) is 11.6. The van der Waals surface area contributed by atoms with Gasteiger partial charge in [0, 0.05) is 8.95 Å². The number of carbonyl (C=O) groups excluding carboxylic acids is 1. The Morgan fingerprint density at radius 2 is 1.81 bits per heavy atom. The number of hydrazine groups is 1. The van der Waals surface area contributed by atoms with Gasteiger partial charge in [0.25, 0.3) is 0 Å². The van der Waals surface area contributed by atoms with Gasteiger partial charge in [-0.25, -0.2) is 10.9 Å². The summed E-state index contributed by atoms with van der Waals surface area (Å²) >= 11 is 11.3. The Bertz CT molecular complexity index is 419. The maximum Gasteiger partial charge on any atom is 0.247 e. The fourth-order valence-electron chi connectivity index (χ4n) is 1.10. The van der Waals surface area contributed by atoms with Gasteiger partial charge < -0.3 is 5.73 Å². The minimum Gasteiger partial charge on any atom is -0.375 e. The predicted octanol–water partition coefficient (Wildman–Crippen LogP) is 1.70. The van der Waals surface area contributed by atoms with E-state index in [-0.39, 0.29) is 17.4 Å². The van der Waals surface area contributed by atoms with Crippen LogP contribution in [0.3, 0.4) is 0 Å². The van der Waals surface area contributed by atoms with Crippen molar-refractivity contribution < 1.29 is 4.79 Å². The van der Waals surface area contributed by atoms with E-state index >= 15 is 0 Å². The molecule has 0 spiro atoms. The number of carbonyl (C=O) groups is 1. The van der Waals surface area contributed by atoms with E-state index in [0.29, 0.717) is 0 Å². The lowest BCUT2D eigenvalue weighted by molar-refractivity contribution is -0.126. The molecule has 1 aromatic carbocycles. The number of nitrogens with zero attached hydrogens (tertiary/aromatic N) is 1. The van der Waals surface area contributed by atoms with E-state index in [1.54, 1.807) is 0 Å². The smallest absolute Gasteiger partial charge is 0.247 e. The van der Waals surface area contributed by atoms with Gasteiger partial charge in [0.05, 0.1) is 6.42 Å². The van der Waals surface area contributed by atoms with Crippen molar-refractivity contribution in [2.24, 2.45) is 11.6 Å². The zero-order chi connectivity index (χ0) is 12.3. The molecule has 0 bridgehead atoms. The third-order valence-corrected chi connectivity index (χ3v) is 2.90. The second kappa shape index (κ2) is 5.72. The summed E-state index contributed by atoms with van der Waals surface area (Å²) in [7, 11) is 0. The molecule has 0 unspecified atom stereocenters. The van der Waals surface area contributed by atoms with Crippen LogP contribution in [0.5, 0.6) is 0 Å². The Hall–Kier alpha value is -0.500. The molecule has 0 atom stereocenters. The molecule has 4 N–H and O–H groups in total. The van der Waals surface area contributed by atoms with Crippen molar-refractivity contribution in [3.8, 4) is 0 Å². The van der Waals surface area contributed by atoms with Crippen LogP contribution in [0.15, 0.2) is 27.1 Å². The Labute approximate surface area is 115 Å². The van der Waals surface area contributed by atoms with E-state index in [4.69, 9.17) is 11.6 Å². The van der Waals surface area contributed by atoms with E-state index in [9.17, 15) is 4.79 Å². The second-order valence-corrected chi connectivity index (χ2v) is 5.31. The second-order valence-electron chi connectivity index (χ2n) is 3.06. The van der Waals surface area contributed by atoms with Crippen LogP contribution in [-0.2, 0) is 11.2 Å². The summed E-state index contributed by atoms with van der Waals surface area (Å²) in [6.07, 6.45) is 0.145. The molecule has 7 heteroatoms. The normalized spacial score (nSPS) is 9.94. The van der Waals surface area contributed by atoms with Crippen LogP contribution in [-0.4, -0.2) is 16.0 Å². The number of hydrogen-bond donors (Lipinski definition) is 2. The Morgan fingerprint density at radius 3 is 2.25 bits per heavy atom. The highest BCUT2D eigenvalue weighted by atomic mass is 79.9. The van der Waals surface area contributed by atoms with Gasteiger partial charge in [0.15, 0.2) is 5.11 Å². The molecule has 0 radical (unpaired) electrons. The van der Waals surface area contributed by atoms with Crippen molar-refractivity contribution in [3.63, 3.8) is 0 Å². The van der Waals surface area contributed by atoms with Crippen LogP contribution in [0.4, 0.5) is 0 Å². The number of thiocarbonyl (C=S) groups is 1. The van der Waals surface area contributed by atoms with E-state index in [1.165, 1.54) is 0 Å². The first-order valence-electron chi connectivity index (χ1n) is 4.22. The molecular weight excluding hydrogens is 358 g/mol. The fourth-order valence-corrected chi connectivity index (χ4v) is 2.59. The fraction of sp³-hybridized carbons (Fsp3) is 0.111. The van der Waals surface area contributed by atoms with E-state index in [0.717, 1.165) is 19.5 Å². The molecule has 0 aliphatic rings. The molecule has 86 valence electrons. The van der Waals surface area contributed by atoms with Gasteiger partial charge in [0.2, 0.25) is 5.91 Å². The van der Waals surface area contributed by atoms with Crippen LogP contribution in [0.25, 0.3) is 0 Å². The molecule has 0 aromatic heterocycles. The van der Waals surface area contributed by atoms with Crippen LogP contribution in [0, 0.1) is 0 Å². The maximum absolute atomic E-state index is 11.6. The number of halogens is 2. The van der Waals surface area contributed by atoms with Crippen molar-refractivity contribution in [2.75, 3.05) is 0 Å². The van der Waals surface area contributed by atoms with Crippen molar-refractivity contribution in [3.05, 3.63) is 32.7 Å². The van der Waals surface area contributed by atoms with Crippen molar-refractivity contribution in [1.29, 1.82) is 0 Å². The van der Waals surface area contributed by atoms with Crippen molar-refractivity contribution in [1.82, 2.24) is 5.01 Å². The molecule has 1 amide bonds. The van der Waals surface area contributed by atoms with Crippen LogP contribution < -0.4 is 11.6 Å². The van der Waals surface area contributed by atoms with Crippen LogP contribution in [0.1, 0.15) is 5.56 Å². The molecule has 16 heavy (non-hydrogen) atoms. The number of amides is 1. The molecule has 4 nitrogen and oxygen atoms in total. The largest absolute Gasteiger partial charge is 0.375 e. The summed E-state index contributed by atoms with van der Waals surface area (Å²) in [5.74, 6) is 5.03. The first-order chi connectivity index (χ1) is 7.40. The average molecular weight is 367 g/mol. The van der Waals surface area contributed by atoms with Crippen LogP contribution in [0.2, 0.25) is 0 Å². The average Bonchev–Trinajstić information content (AvgIpc) is 2.14. The summed E-state index contributed by atoms with van der Waals surface area (Å²) in [6.45, 7) is 0. The highest BCUT2D eigenvalue weighted by molar-refractivity contribution is 9.11. The van der Waals surface area contributed by atoms with E-state index in [1.807, 2.05) is 18.2 Å². The zero-order valence-corrected chi connectivity index (χ0v) is 12.1. The van der Waals surface area contributed by atoms with Gasteiger partial charge >= 0.3 is 0 Å². The monoisotopic (exact) mass is 365 g/mol. The zero-order valence-electron chi connectivity index (χ0n) is 8.11. The standard InChI is InChI=1S/C9H9Br2N3OS/c10-6-1-5(2-7(11)4-6)3-8(15)14(13)9(12)16/h1-2,4H,3,13H2,(H2,12,16). The van der Waals surface area contributed by atoms with Gasteiger partial charge in [0.1, 0.15) is 0 Å². The van der Waals surface area contributed by atoms with E-state index in [2.05, 4.69) is 44.1 Å². The predicted molar refractivity (Wildman–Crippen MR) is 73.4 cm³/mol. The first kappa shape index (κ1) is 13.6. The SMILES string of the molecule is NC(=S)N(N)C(=O)Cc1cc(Br)cc(Br)c1. The molecule has 1 aromatic rings. The molecule has 0 fully saturated rings. The van der Waals surface area contributed by atoms with Gasteiger partial charge in [-0.15, -0.1) is 0 Å². The lowest BCUT2D eigenvalue weighted by Gasteiger charge is -2.14. The third kappa shape index (κ3) is 3.82. The third-order valence-electron chi connectivity index (χ3n) is 1.78.